The number of nitrogens with one attached hydrogen (secondary N) is 2. The van der Waals surface area contributed by atoms with Crippen LogP contribution in [0.4, 0.5) is 28.4 Å². The summed E-state index contributed by atoms with van der Waals surface area (Å²) in [5.41, 5.74) is 11.1. The number of morpholine rings is 1. The van der Waals surface area contributed by atoms with Gasteiger partial charge in [0.2, 0.25) is 15.7 Å². The number of fused-ring (bicyclic) bond motifs is 4. The predicted octanol–water partition coefficient (Wildman–Crippen LogP) is 7.37. The molecule has 1 aliphatic carbocycles. The number of anilines is 4. The van der Waals surface area contributed by atoms with E-state index in [1.807, 2.05) is 17.0 Å². The molecule has 0 unspecified atom stereocenters. The molecule has 19 nitrogen and oxygen atoms in total. The Morgan fingerprint density at radius 3 is 2.50 bits per heavy atom. The fourth-order valence-corrected chi connectivity index (χ4v) is 15.5. The third-order valence-corrected chi connectivity index (χ3v) is 19.7. The molecule has 0 bridgehead atoms. The van der Waals surface area contributed by atoms with E-state index in [9.17, 15) is 14.9 Å². The Morgan fingerprint density at radius 2 is 1.74 bits per heavy atom. The Bertz CT molecular complexity index is 3260. The first-order valence-corrected chi connectivity index (χ1v) is 28.4. The fourth-order valence-electron chi connectivity index (χ4n) is 13.8. The van der Waals surface area contributed by atoms with Crippen LogP contribution >= 0.6 is 0 Å². The maximum atomic E-state index is 16.3. The molecule has 13 rings (SSSR count). The number of amides is 1. The SMILES string of the molecule is C=C(C)c1ccccc1[C@@H]1CCCN1C1CC2(CCN(c3ccc(C(N)=O)c(N4c5cc6cc[nH]c6nc5O[C@H]5COCC[C@H]54)c3S(=O)(=O)c3cc4c(c([N+](=O)[O-])c3)N[C@H]([C@H]3CN(C5COC5)[C@H](C)CO3)CO4)CC2)C1. The first-order valence-electron chi connectivity index (χ1n) is 26.9. The van der Waals surface area contributed by atoms with Crippen LogP contribution in [0.15, 0.2) is 83.2 Å². The molecular formula is C56H65N9O10S. The third kappa shape index (κ3) is 8.28. The molecule has 1 saturated carbocycles. The Balaban J connectivity index is 0.885. The summed E-state index contributed by atoms with van der Waals surface area (Å²) < 4.78 is 63.2. The highest BCUT2D eigenvalue weighted by molar-refractivity contribution is 7.91. The van der Waals surface area contributed by atoms with Crippen molar-refractivity contribution in [3.05, 3.63) is 100 Å². The van der Waals surface area contributed by atoms with Gasteiger partial charge in [-0.3, -0.25) is 24.7 Å². The van der Waals surface area contributed by atoms with Crippen molar-refractivity contribution in [1.82, 2.24) is 19.8 Å². The number of H-pyrrole nitrogens is 1. The van der Waals surface area contributed by atoms with Gasteiger partial charge in [0, 0.05) is 68.1 Å². The summed E-state index contributed by atoms with van der Waals surface area (Å²) in [5, 5.41) is 17.3. The molecule has 6 fully saturated rings. The number of primary amides is 1. The van der Waals surface area contributed by atoms with E-state index in [2.05, 4.69) is 69.7 Å². The van der Waals surface area contributed by atoms with Gasteiger partial charge in [0.05, 0.1) is 77.4 Å². The van der Waals surface area contributed by atoms with Crippen molar-refractivity contribution < 1.29 is 41.8 Å². The number of piperidine rings is 1. The molecule has 9 heterocycles. The number of nitro benzene ring substituents is 1. The number of allylic oxidation sites excluding steroid dienone is 1. The smallest absolute Gasteiger partial charge is 0.297 e. The highest BCUT2D eigenvalue weighted by Gasteiger charge is 2.52. The lowest BCUT2D eigenvalue weighted by atomic mass is 9.59. The van der Waals surface area contributed by atoms with E-state index in [0.29, 0.717) is 81.6 Å². The highest BCUT2D eigenvalue weighted by atomic mass is 32.2. The van der Waals surface area contributed by atoms with Gasteiger partial charge in [0.1, 0.15) is 28.9 Å². The minimum absolute atomic E-state index is 0.0228. The number of carbonyl (C=O) groups excluding carboxylic acids is 1. The number of rotatable bonds is 11. The van der Waals surface area contributed by atoms with Gasteiger partial charge in [0.15, 0.2) is 11.4 Å². The van der Waals surface area contributed by atoms with Gasteiger partial charge in [0.25, 0.3) is 11.6 Å². The first-order chi connectivity index (χ1) is 36.7. The molecule has 20 heteroatoms. The minimum Gasteiger partial charge on any atom is -0.489 e. The van der Waals surface area contributed by atoms with E-state index in [1.54, 1.807) is 18.3 Å². The number of benzene rings is 3. The van der Waals surface area contributed by atoms with Crippen LogP contribution in [-0.4, -0.2) is 147 Å². The second-order valence-electron chi connectivity index (χ2n) is 22.4. The number of carbonyl (C=O) groups is 1. The van der Waals surface area contributed by atoms with Gasteiger partial charge in [-0.1, -0.05) is 36.4 Å². The first kappa shape index (κ1) is 49.3. The van der Waals surface area contributed by atoms with E-state index < -0.39 is 44.5 Å². The van der Waals surface area contributed by atoms with E-state index in [0.717, 1.165) is 62.1 Å². The summed E-state index contributed by atoms with van der Waals surface area (Å²) in [7, 11) is -4.81. The number of aromatic amines is 1. The largest absolute Gasteiger partial charge is 0.489 e. The van der Waals surface area contributed by atoms with Gasteiger partial charge in [-0.05, 0) is 106 Å². The van der Waals surface area contributed by atoms with E-state index in [-0.39, 0.29) is 75.2 Å². The Hall–Kier alpha value is -6.29. The number of nitrogens with zero attached hydrogens (tertiary/aromatic N) is 6. The second kappa shape index (κ2) is 19.0. The normalized spacial score (nSPS) is 26.8. The molecule has 7 aliphatic heterocycles. The van der Waals surface area contributed by atoms with Gasteiger partial charge in [-0.2, -0.15) is 4.98 Å². The molecule has 8 aliphatic rings. The van der Waals surface area contributed by atoms with E-state index in [4.69, 9.17) is 34.4 Å². The molecule has 5 aromatic rings. The summed E-state index contributed by atoms with van der Waals surface area (Å²) in [4.78, 5) is 43.1. The molecular weight excluding hydrogens is 991 g/mol. The van der Waals surface area contributed by atoms with Gasteiger partial charge in [-0.25, -0.2) is 8.42 Å². The van der Waals surface area contributed by atoms with Crippen molar-refractivity contribution in [3.8, 4) is 11.6 Å². The van der Waals surface area contributed by atoms with Crippen molar-refractivity contribution >= 4 is 60.8 Å². The zero-order chi connectivity index (χ0) is 52.2. The molecule has 400 valence electrons. The zero-order valence-electron chi connectivity index (χ0n) is 42.9. The molecule has 76 heavy (non-hydrogen) atoms. The summed E-state index contributed by atoms with van der Waals surface area (Å²) >= 11 is 0. The van der Waals surface area contributed by atoms with E-state index >= 15 is 8.42 Å². The quantitative estimate of drug-likeness (QED) is 0.0868. The Morgan fingerprint density at radius 1 is 0.921 bits per heavy atom. The second-order valence-corrected chi connectivity index (χ2v) is 24.3. The average Bonchev–Trinajstić information content (AvgIpc) is 4.17. The number of likely N-dealkylation sites (tertiary alicyclic amines) is 1. The van der Waals surface area contributed by atoms with Gasteiger partial charge in [-0.15, -0.1) is 0 Å². The molecule has 4 N–H and O–H groups in total. The monoisotopic (exact) mass is 1060 g/mol. The number of sulfone groups is 1. The van der Waals surface area contributed by atoms with Crippen LogP contribution < -0.4 is 30.3 Å². The molecule has 6 atom stereocenters. The van der Waals surface area contributed by atoms with Gasteiger partial charge >= 0.3 is 0 Å². The van der Waals surface area contributed by atoms with Crippen molar-refractivity contribution in [2.24, 2.45) is 11.1 Å². The number of nitro groups is 1. The van der Waals surface area contributed by atoms with Crippen LogP contribution in [0.3, 0.4) is 0 Å². The lowest BCUT2D eigenvalue weighted by Gasteiger charge is -2.56. The number of aromatic nitrogens is 2. The third-order valence-electron chi connectivity index (χ3n) is 17.9. The molecule has 1 spiro atoms. The fraction of sp³-hybridized carbons (Fsp3) is 0.500. The van der Waals surface area contributed by atoms with Crippen molar-refractivity contribution in [2.45, 2.75) is 117 Å². The molecule has 0 radical (unpaired) electrons. The predicted molar refractivity (Wildman–Crippen MR) is 286 cm³/mol. The van der Waals surface area contributed by atoms with Crippen molar-refractivity contribution in [1.29, 1.82) is 0 Å². The highest BCUT2D eigenvalue weighted by Crippen LogP contribution is 2.56. The number of pyridine rings is 1. The standard InChI is InChI=1S/C56H65N9O10S/c1-32(2)38-7-4-5-8-39(38)42-9-6-17-62(42)35-24-56(25-35)14-18-61(19-15-56)44-11-10-40(53(57)66)51(64-43-13-20-71-31-49(43)75-55-46(64)21-34-12-16-58-54(34)60-55)52(44)76(69,70)37-22-45(65(67)68)50-47(23-37)74-30-41(59-50)48-26-63(33(3)27-73-48)36-28-72-29-36/h4-5,7-8,10-12,16,21-23,33,35-36,41-43,48-49,59H,1,6,9,13-15,17-20,24-31H2,2-3H3,(H2,57,66)(H,58,60)/t33-,41+,42+,43-,48-,49+/m1/s1. The number of ether oxygens (including phenoxy) is 5. The minimum atomic E-state index is -4.81. The maximum absolute atomic E-state index is 16.3. The summed E-state index contributed by atoms with van der Waals surface area (Å²) in [6.45, 7) is 13.5. The van der Waals surface area contributed by atoms with Gasteiger partial charge < -0.3 is 49.5 Å². The van der Waals surface area contributed by atoms with Crippen LogP contribution in [0.5, 0.6) is 11.6 Å². The van der Waals surface area contributed by atoms with Crippen molar-refractivity contribution in [2.75, 3.05) is 80.9 Å². The van der Waals surface area contributed by atoms with Crippen LogP contribution in [0.1, 0.15) is 86.3 Å². The zero-order valence-corrected chi connectivity index (χ0v) is 43.8. The Kier molecular flexibility index (Phi) is 12.3. The number of hydrogen-bond donors (Lipinski definition) is 3. The Labute approximate surface area is 441 Å². The number of hydrogen-bond acceptors (Lipinski definition) is 16. The number of nitrogens with two attached hydrogens (primary N) is 1. The van der Waals surface area contributed by atoms with Crippen LogP contribution in [-0.2, 0) is 24.0 Å². The van der Waals surface area contributed by atoms with Crippen LogP contribution in [0.25, 0.3) is 16.6 Å². The molecule has 5 saturated heterocycles. The molecule has 2 aromatic heterocycles. The topological polar surface area (TPSA) is 220 Å². The van der Waals surface area contributed by atoms with Crippen LogP contribution in [0, 0.1) is 15.5 Å². The summed E-state index contributed by atoms with van der Waals surface area (Å²) in [6.07, 6.45) is 7.22. The molecule has 1 amide bonds. The van der Waals surface area contributed by atoms with Crippen LogP contribution in [0.2, 0.25) is 0 Å². The average molecular weight is 1060 g/mol. The summed E-state index contributed by atoms with van der Waals surface area (Å²) in [5.74, 6) is -0.588. The van der Waals surface area contributed by atoms with Crippen molar-refractivity contribution in [3.63, 3.8) is 0 Å². The summed E-state index contributed by atoms with van der Waals surface area (Å²) in [6, 6.07) is 18.4. The van der Waals surface area contributed by atoms with E-state index in [1.165, 1.54) is 17.2 Å². The lowest BCUT2D eigenvalue weighted by molar-refractivity contribution is -0.384. The lowest BCUT2D eigenvalue weighted by Crippen LogP contribution is -2.62. The molecule has 3 aromatic carbocycles. The maximum Gasteiger partial charge on any atom is 0.297 e.